The third-order valence-electron chi connectivity index (χ3n) is 5.46. The molecule has 2 aromatic rings. The number of esters is 1. The second-order valence-electron chi connectivity index (χ2n) is 8.29. The Morgan fingerprint density at radius 1 is 1.42 bits per heavy atom. The summed E-state index contributed by atoms with van der Waals surface area (Å²) in [6.45, 7) is 7.51. The Morgan fingerprint density at radius 2 is 2.22 bits per heavy atom. The van der Waals surface area contributed by atoms with Crippen LogP contribution in [0.15, 0.2) is 47.6 Å². The van der Waals surface area contributed by atoms with Gasteiger partial charge in [-0.3, -0.25) is 15.0 Å². The number of benzene rings is 2. The van der Waals surface area contributed by atoms with Gasteiger partial charge >= 0.3 is 5.97 Å². The second-order valence-corrected chi connectivity index (χ2v) is 10.2. The van der Waals surface area contributed by atoms with Crippen molar-refractivity contribution in [1.82, 2.24) is 10.0 Å². The first kappa shape index (κ1) is 27.8. The van der Waals surface area contributed by atoms with Crippen LogP contribution in [0.3, 0.4) is 0 Å². The van der Waals surface area contributed by atoms with Gasteiger partial charge in [0.05, 0.1) is 24.8 Å². The van der Waals surface area contributed by atoms with Crippen LogP contribution in [0.2, 0.25) is 0 Å². The highest BCUT2D eigenvalue weighted by atomic mass is 32.2. The van der Waals surface area contributed by atoms with Gasteiger partial charge < -0.3 is 9.47 Å². The molecule has 1 unspecified atom stereocenters. The molecule has 1 aliphatic rings. The lowest BCUT2D eigenvalue weighted by atomic mass is 10.0. The lowest BCUT2D eigenvalue weighted by molar-refractivity contribution is -0.137. The summed E-state index contributed by atoms with van der Waals surface area (Å²) >= 11 is 2.56. The van der Waals surface area contributed by atoms with E-state index in [0.717, 1.165) is 51.0 Å². The topological polar surface area (TPSA) is 107 Å². The van der Waals surface area contributed by atoms with Crippen LogP contribution < -0.4 is 10.2 Å². The number of carbonyl (C=O) groups is 1. The van der Waals surface area contributed by atoms with Gasteiger partial charge in [0.2, 0.25) is 0 Å². The number of hydrazine groups is 1. The number of nitrogens with one attached hydrogen (secondary N) is 1. The Labute approximate surface area is 220 Å². The van der Waals surface area contributed by atoms with E-state index >= 15 is 0 Å². The van der Waals surface area contributed by atoms with Crippen molar-refractivity contribution in [3.63, 3.8) is 0 Å². The number of ether oxygens (including phenoxy) is 2. The smallest absolute Gasteiger partial charge is 0.317 e. The van der Waals surface area contributed by atoms with E-state index in [1.165, 1.54) is 12.7 Å². The fourth-order valence-corrected chi connectivity index (χ4v) is 5.45. The van der Waals surface area contributed by atoms with E-state index in [9.17, 15) is 15.3 Å². The van der Waals surface area contributed by atoms with E-state index in [2.05, 4.69) is 34.0 Å². The van der Waals surface area contributed by atoms with Gasteiger partial charge in [-0.1, -0.05) is 28.8 Å². The Morgan fingerprint density at radius 3 is 2.92 bits per heavy atom. The summed E-state index contributed by atoms with van der Waals surface area (Å²) in [5.41, 5.74) is 7.90. The Hall–Kier alpha value is -2.81. The van der Waals surface area contributed by atoms with E-state index in [4.69, 9.17) is 4.74 Å². The zero-order valence-corrected chi connectivity index (χ0v) is 22.2. The minimum atomic E-state index is -0.414. The number of nitriles is 1. The van der Waals surface area contributed by atoms with Gasteiger partial charge in [0, 0.05) is 16.9 Å². The fourth-order valence-electron chi connectivity index (χ4n) is 3.90. The Kier molecular flexibility index (Phi) is 10.4. The van der Waals surface area contributed by atoms with Crippen LogP contribution in [-0.2, 0) is 21.7 Å². The number of nitrogens with zero attached hydrogens (tertiary/aromatic N) is 3. The van der Waals surface area contributed by atoms with Crippen LogP contribution in [0.4, 0.5) is 0 Å². The zero-order valence-electron chi connectivity index (χ0n) is 20.6. The quantitative estimate of drug-likeness (QED) is 0.165. The van der Waals surface area contributed by atoms with E-state index in [-0.39, 0.29) is 17.9 Å². The first-order chi connectivity index (χ1) is 17.4. The van der Waals surface area contributed by atoms with Crippen molar-refractivity contribution >= 4 is 41.3 Å². The molecule has 1 atom stereocenters. The summed E-state index contributed by atoms with van der Waals surface area (Å²) in [7, 11) is 1.31. The van der Waals surface area contributed by atoms with E-state index in [0.29, 0.717) is 17.1 Å². The molecule has 0 bridgehead atoms. The minimum absolute atomic E-state index is 0.00614. The molecule has 0 radical (unpaired) electrons. The van der Waals surface area contributed by atoms with Crippen molar-refractivity contribution in [2.45, 2.75) is 44.6 Å². The molecule has 10 heteroatoms. The molecule has 0 aliphatic heterocycles. The predicted molar refractivity (Wildman–Crippen MR) is 144 cm³/mol. The van der Waals surface area contributed by atoms with E-state index < -0.39 is 5.97 Å². The molecule has 0 amide bonds. The molecule has 8 nitrogen and oxygen atoms in total. The highest BCUT2D eigenvalue weighted by Crippen LogP contribution is 2.40. The van der Waals surface area contributed by atoms with Gasteiger partial charge in [0.1, 0.15) is 17.6 Å². The molecular formula is C26H30N4O4S2. The van der Waals surface area contributed by atoms with Crippen molar-refractivity contribution < 1.29 is 19.5 Å². The number of aliphatic imine (C=N–C) groups is 1. The number of thioether (sulfide) groups is 1. The highest BCUT2D eigenvalue weighted by Gasteiger charge is 2.27. The molecule has 0 heterocycles. The SMILES string of the molecule is C=N/C=C(\SCc1ccc(OC(C)C)c(C#N)c1)c1cccc2c1CCC2NN(O)SCC(=O)OC. The van der Waals surface area contributed by atoms with Crippen molar-refractivity contribution in [2.75, 3.05) is 12.9 Å². The van der Waals surface area contributed by atoms with E-state index in [1.807, 2.05) is 44.2 Å². The summed E-state index contributed by atoms with van der Waals surface area (Å²) < 4.78 is 11.2. The van der Waals surface area contributed by atoms with Crippen molar-refractivity contribution in [1.29, 1.82) is 5.26 Å². The molecule has 1 aliphatic carbocycles. The van der Waals surface area contributed by atoms with Crippen LogP contribution in [0.1, 0.15) is 54.1 Å². The number of methoxy groups -OCH3 is 1. The number of carbonyl (C=O) groups excluding carboxylic acids is 1. The monoisotopic (exact) mass is 526 g/mol. The van der Waals surface area contributed by atoms with Gasteiger partial charge in [-0.25, -0.2) is 5.43 Å². The maximum Gasteiger partial charge on any atom is 0.317 e. The average molecular weight is 527 g/mol. The van der Waals surface area contributed by atoms with Gasteiger partial charge in [-0.05, 0) is 79.7 Å². The molecule has 3 rings (SSSR count). The van der Waals surface area contributed by atoms with Crippen LogP contribution in [0, 0.1) is 11.3 Å². The highest BCUT2D eigenvalue weighted by molar-refractivity contribution is 8.07. The molecule has 0 spiro atoms. The van der Waals surface area contributed by atoms with Gasteiger partial charge in [0.15, 0.2) is 0 Å². The number of fused-ring (bicyclic) bond motifs is 1. The maximum absolute atomic E-state index is 11.3. The molecule has 0 fully saturated rings. The standard InChI is InChI=1S/C26H30N4O4S2/c1-17(2)34-24-11-8-18(12-19(24)13-27)15-35-25(14-28-3)22-7-5-6-21-20(22)9-10-23(21)29-30(32)36-16-26(31)33-4/h5-8,11-12,14,17,23,29,32H,3,9-10,15-16H2,1-2,4H3/b25-14-. The van der Waals surface area contributed by atoms with Crippen LogP contribution in [0.5, 0.6) is 5.75 Å². The number of hydrogen-bond acceptors (Lipinski definition) is 10. The third-order valence-corrected chi connectivity index (χ3v) is 7.29. The molecule has 36 heavy (non-hydrogen) atoms. The van der Waals surface area contributed by atoms with Crippen LogP contribution in [0.25, 0.3) is 4.91 Å². The largest absolute Gasteiger partial charge is 0.490 e. The minimum Gasteiger partial charge on any atom is -0.490 e. The van der Waals surface area contributed by atoms with Crippen molar-refractivity contribution in [3.8, 4) is 11.8 Å². The lowest BCUT2D eigenvalue weighted by Crippen LogP contribution is -2.33. The average Bonchev–Trinajstić information content (AvgIpc) is 3.28. The summed E-state index contributed by atoms with van der Waals surface area (Å²) in [5.74, 6) is 0.832. The zero-order chi connectivity index (χ0) is 26.1. The van der Waals surface area contributed by atoms with Crippen LogP contribution in [-0.4, -0.2) is 41.4 Å². The molecule has 0 aromatic heterocycles. The van der Waals surface area contributed by atoms with E-state index in [1.54, 1.807) is 18.0 Å². The molecule has 0 saturated heterocycles. The van der Waals surface area contributed by atoms with Gasteiger partial charge in [0.25, 0.3) is 0 Å². The van der Waals surface area contributed by atoms with Gasteiger partial charge in [-0.15, -0.1) is 11.8 Å². The molecule has 2 N–H and O–H groups in total. The first-order valence-electron chi connectivity index (χ1n) is 11.4. The normalized spacial score (nSPS) is 15.0. The van der Waals surface area contributed by atoms with Gasteiger partial charge in [-0.2, -0.15) is 5.26 Å². The first-order valence-corrected chi connectivity index (χ1v) is 13.3. The Balaban J connectivity index is 1.74. The molecule has 0 saturated carbocycles. The predicted octanol–water partition coefficient (Wildman–Crippen LogP) is 5.28. The second kappa shape index (κ2) is 13.5. The third kappa shape index (κ3) is 7.35. The summed E-state index contributed by atoms with van der Waals surface area (Å²) in [6.07, 6.45) is 3.37. The lowest BCUT2D eigenvalue weighted by Gasteiger charge is -2.20. The molecular weight excluding hydrogens is 496 g/mol. The number of hydrogen-bond donors (Lipinski definition) is 2. The van der Waals surface area contributed by atoms with Crippen molar-refractivity contribution in [3.05, 3.63) is 70.4 Å². The van der Waals surface area contributed by atoms with Crippen LogP contribution >= 0.6 is 23.7 Å². The summed E-state index contributed by atoms with van der Waals surface area (Å²) in [6, 6.07) is 13.9. The fraction of sp³-hybridized carbons (Fsp3) is 0.346. The summed E-state index contributed by atoms with van der Waals surface area (Å²) in [4.78, 5) is 16.3. The summed E-state index contributed by atoms with van der Waals surface area (Å²) in [5, 5.41) is 19.7. The number of rotatable bonds is 12. The maximum atomic E-state index is 11.3. The molecule has 2 aromatic carbocycles. The van der Waals surface area contributed by atoms with Crippen molar-refractivity contribution in [2.24, 2.45) is 4.99 Å². The molecule has 190 valence electrons. The Bertz CT molecular complexity index is 1160.